The van der Waals surface area contributed by atoms with Crippen molar-refractivity contribution >= 4 is 5.91 Å². The Morgan fingerprint density at radius 2 is 2.12 bits per heavy atom. The second-order valence-electron chi connectivity index (χ2n) is 3.71. The zero-order chi connectivity index (χ0) is 11.8. The van der Waals surface area contributed by atoms with Crippen molar-refractivity contribution < 1.29 is 4.79 Å². The van der Waals surface area contributed by atoms with Gasteiger partial charge in [-0.1, -0.05) is 30.3 Å². The highest BCUT2D eigenvalue weighted by atomic mass is 16.1. The van der Waals surface area contributed by atoms with Crippen LogP contribution in [-0.2, 0) is 4.79 Å². The van der Waals surface area contributed by atoms with E-state index in [1.165, 1.54) is 6.92 Å². The molecule has 1 aromatic rings. The molecular formula is C13H16N2O. The third kappa shape index (κ3) is 4.14. The number of nitrogens with one attached hydrogen (secondary N) is 1. The summed E-state index contributed by atoms with van der Waals surface area (Å²) >= 11 is 0. The normalized spacial score (nSPS) is 11.5. The lowest BCUT2D eigenvalue weighted by molar-refractivity contribution is -0.119. The fraction of sp³-hybridized carbons (Fsp3) is 0.385. The molecule has 0 aliphatic heterocycles. The summed E-state index contributed by atoms with van der Waals surface area (Å²) in [6.07, 6.45) is 2.14. The molecule has 1 N–H and O–H groups in total. The average molecular weight is 216 g/mol. The SMILES string of the molecule is CC(=O)NC(CCCC#N)c1ccccc1. The lowest BCUT2D eigenvalue weighted by Gasteiger charge is -2.17. The summed E-state index contributed by atoms with van der Waals surface area (Å²) in [6, 6.07) is 12.0. The first-order chi connectivity index (χ1) is 7.74. The number of hydrogen-bond donors (Lipinski definition) is 1. The van der Waals surface area contributed by atoms with E-state index in [1.807, 2.05) is 30.3 Å². The van der Waals surface area contributed by atoms with Gasteiger partial charge in [0.2, 0.25) is 5.91 Å². The van der Waals surface area contributed by atoms with E-state index in [2.05, 4.69) is 11.4 Å². The summed E-state index contributed by atoms with van der Waals surface area (Å²) in [5, 5.41) is 11.4. The van der Waals surface area contributed by atoms with E-state index in [0.717, 1.165) is 18.4 Å². The molecule has 0 bridgehead atoms. The number of hydrogen-bond acceptors (Lipinski definition) is 2. The van der Waals surface area contributed by atoms with Crippen molar-refractivity contribution in [1.29, 1.82) is 5.26 Å². The van der Waals surface area contributed by atoms with Gasteiger partial charge >= 0.3 is 0 Å². The highest BCUT2D eigenvalue weighted by Crippen LogP contribution is 2.18. The second kappa shape index (κ2) is 6.62. The minimum absolute atomic E-state index is 0.0204. The second-order valence-corrected chi connectivity index (χ2v) is 3.71. The Bertz CT molecular complexity index is 367. The van der Waals surface area contributed by atoms with Crippen LogP contribution < -0.4 is 5.32 Å². The highest BCUT2D eigenvalue weighted by molar-refractivity contribution is 5.73. The molecule has 0 aromatic heterocycles. The first-order valence-electron chi connectivity index (χ1n) is 5.43. The molecule has 1 rings (SSSR count). The van der Waals surface area contributed by atoms with Crippen LogP contribution in [0, 0.1) is 11.3 Å². The number of nitriles is 1. The maximum absolute atomic E-state index is 11.1. The number of carbonyl (C=O) groups excluding carboxylic acids is 1. The van der Waals surface area contributed by atoms with Gasteiger partial charge in [0, 0.05) is 13.3 Å². The van der Waals surface area contributed by atoms with E-state index in [4.69, 9.17) is 5.26 Å². The molecule has 84 valence electrons. The van der Waals surface area contributed by atoms with Gasteiger partial charge in [-0.3, -0.25) is 4.79 Å². The number of carbonyl (C=O) groups is 1. The first-order valence-corrected chi connectivity index (χ1v) is 5.43. The van der Waals surface area contributed by atoms with Crippen molar-refractivity contribution in [2.75, 3.05) is 0 Å². The van der Waals surface area contributed by atoms with Gasteiger partial charge < -0.3 is 5.32 Å². The van der Waals surface area contributed by atoms with Crippen LogP contribution in [0.15, 0.2) is 30.3 Å². The van der Waals surface area contributed by atoms with Crippen LogP contribution in [0.4, 0.5) is 0 Å². The predicted octanol–water partition coefficient (Wildman–Crippen LogP) is 2.56. The zero-order valence-corrected chi connectivity index (χ0v) is 9.44. The molecule has 0 radical (unpaired) electrons. The van der Waals surface area contributed by atoms with Gasteiger partial charge in [-0.25, -0.2) is 0 Å². The third-order valence-electron chi connectivity index (χ3n) is 2.36. The van der Waals surface area contributed by atoms with Gasteiger partial charge in [0.15, 0.2) is 0 Å². The smallest absolute Gasteiger partial charge is 0.217 e. The molecule has 0 aliphatic carbocycles. The molecule has 1 unspecified atom stereocenters. The van der Waals surface area contributed by atoms with Gasteiger partial charge in [-0.15, -0.1) is 0 Å². The van der Waals surface area contributed by atoms with Crippen molar-refractivity contribution in [2.45, 2.75) is 32.2 Å². The van der Waals surface area contributed by atoms with Crippen LogP contribution >= 0.6 is 0 Å². The summed E-state index contributed by atoms with van der Waals surface area (Å²) in [4.78, 5) is 11.1. The van der Waals surface area contributed by atoms with Crippen LogP contribution in [0.5, 0.6) is 0 Å². The molecule has 0 aliphatic rings. The van der Waals surface area contributed by atoms with Crippen LogP contribution in [0.1, 0.15) is 37.8 Å². The molecular weight excluding hydrogens is 200 g/mol. The molecule has 1 atom stereocenters. The van der Waals surface area contributed by atoms with Gasteiger partial charge in [0.05, 0.1) is 12.1 Å². The maximum Gasteiger partial charge on any atom is 0.217 e. The number of rotatable bonds is 5. The van der Waals surface area contributed by atoms with E-state index in [0.29, 0.717) is 6.42 Å². The third-order valence-corrected chi connectivity index (χ3v) is 2.36. The molecule has 3 nitrogen and oxygen atoms in total. The van der Waals surface area contributed by atoms with E-state index < -0.39 is 0 Å². The largest absolute Gasteiger partial charge is 0.350 e. The van der Waals surface area contributed by atoms with Gasteiger partial charge in [0.25, 0.3) is 0 Å². The van der Waals surface area contributed by atoms with Gasteiger partial charge in [0.1, 0.15) is 0 Å². The zero-order valence-electron chi connectivity index (χ0n) is 9.44. The summed E-state index contributed by atoms with van der Waals surface area (Å²) in [6.45, 7) is 1.51. The average Bonchev–Trinajstić information content (AvgIpc) is 2.29. The number of benzene rings is 1. The standard InChI is InChI=1S/C13H16N2O/c1-11(16)15-13(9-5-6-10-14)12-7-3-2-4-8-12/h2-4,7-8,13H,5-6,9H2,1H3,(H,15,16). The topological polar surface area (TPSA) is 52.9 Å². The molecule has 0 fully saturated rings. The number of unbranched alkanes of at least 4 members (excludes halogenated alkanes) is 1. The Balaban J connectivity index is 2.64. The van der Waals surface area contributed by atoms with Gasteiger partial charge in [-0.05, 0) is 18.4 Å². The van der Waals surface area contributed by atoms with E-state index in [-0.39, 0.29) is 11.9 Å². The molecule has 0 heterocycles. The Kier molecular flexibility index (Phi) is 5.07. The molecule has 3 heteroatoms. The quantitative estimate of drug-likeness (QED) is 0.769. The fourth-order valence-electron chi connectivity index (χ4n) is 1.64. The van der Waals surface area contributed by atoms with Crippen molar-refractivity contribution in [3.05, 3.63) is 35.9 Å². The minimum Gasteiger partial charge on any atom is -0.350 e. The molecule has 1 amide bonds. The van der Waals surface area contributed by atoms with Crippen LogP contribution in [0.25, 0.3) is 0 Å². The van der Waals surface area contributed by atoms with E-state index in [1.54, 1.807) is 0 Å². The monoisotopic (exact) mass is 216 g/mol. The van der Waals surface area contributed by atoms with E-state index in [9.17, 15) is 4.79 Å². The summed E-state index contributed by atoms with van der Waals surface area (Å²) < 4.78 is 0. The molecule has 0 spiro atoms. The Labute approximate surface area is 96.1 Å². The lowest BCUT2D eigenvalue weighted by atomic mass is 10.0. The van der Waals surface area contributed by atoms with E-state index >= 15 is 0 Å². The Morgan fingerprint density at radius 1 is 1.44 bits per heavy atom. The fourth-order valence-corrected chi connectivity index (χ4v) is 1.64. The van der Waals surface area contributed by atoms with Crippen molar-refractivity contribution in [3.8, 4) is 6.07 Å². The number of amides is 1. The maximum atomic E-state index is 11.1. The van der Waals surface area contributed by atoms with Crippen LogP contribution in [-0.4, -0.2) is 5.91 Å². The summed E-state index contributed by atoms with van der Waals surface area (Å²) in [5.41, 5.74) is 1.09. The first kappa shape index (κ1) is 12.3. The lowest BCUT2D eigenvalue weighted by Crippen LogP contribution is -2.25. The highest BCUT2D eigenvalue weighted by Gasteiger charge is 2.11. The molecule has 1 aromatic carbocycles. The van der Waals surface area contributed by atoms with Crippen molar-refractivity contribution in [1.82, 2.24) is 5.32 Å². The molecule has 0 saturated carbocycles. The van der Waals surface area contributed by atoms with Crippen molar-refractivity contribution in [2.24, 2.45) is 0 Å². The minimum atomic E-state index is -0.0363. The summed E-state index contributed by atoms with van der Waals surface area (Å²) in [7, 11) is 0. The number of nitrogens with zero attached hydrogens (tertiary/aromatic N) is 1. The molecule has 0 saturated heterocycles. The summed E-state index contributed by atoms with van der Waals surface area (Å²) in [5.74, 6) is -0.0363. The Hall–Kier alpha value is -1.82. The van der Waals surface area contributed by atoms with Crippen LogP contribution in [0.2, 0.25) is 0 Å². The Morgan fingerprint density at radius 3 is 2.69 bits per heavy atom. The van der Waals surface area contributed by atoms with Crippen LogP contribution in [0.3, 0.4) is 0 Å². The van der Waals surface area contributed by atoms with Crippen molar-refractivity contribution in [3.63, 3.8) is 0 Å². The predicted molar refractivity (Wildman–Crippen MR) is 62.5 cm³/mol. The van der Waals surface area contributed by atoms with Gasteiger partial charge in [-0.2, -0.15) is 5.26 Å². The molecule has 16 heavy (non-hydrogen) atoms.